The van der Waals surface area contributed by atoms with Gasteiger partial charge in [0.05, 0.1) is 13.2 Å². The summed E-state index contributed by atoms with van der Waals surface area (Å²) in [6, 6.07) is 12.6. The van der Waals surface area contributed by atoms with Crippen LogP contribution in [0.2, 0.25) is 6.82 Å². The van der Waals surface area contributed by atoms with E-state index in [0.717, 1.165) is 12.2 Å². The highest BCUT2D eigenvalue weighted by molar-refractivity contribution is 6.67. The first-order chi connectivity index (χ1) is 10.1. The molecule has 2 aliphatic heterocycles. The minimum atomic E-state index is -0.870. The lowest BCUT2D eigenvalue weighted by Crippen LogP contribution is -2.27. The number of hydrogen-bond acceptors (Lipinski definition) is 3. The summed E-state index contributed by atoms with van der Waals surface area (Å²) in [4.78, 5) is 0. The van der Waals surface area contributed by atoms with Gasteiger partial charge in [0.15, 0.2) is 0 Å². The van der Waals surface area contributed by atoms with Crippen molar-refractivity contribution in [2.24, 2.45) is 0 Å². The van der Waals surface area contributed by atoms with Crippen LogP contribution in [0, 0.1) is 5.82 Å². The molecule has 0 saturated heterocycles. The number of hydrogen-bond donors (Lipinski definition) is 1. The maximum Gasteiger partial charge on any atom is 0.491 e. The summed E-state index contributed by atoms with van der Waals surface area (Å²) in [5, 5.41) is 9.13. The molecule has 2 aliphatic rings. The molecule has 2 aromatic carbocycles. The van der Waals surface area contributed by atoms with Crippen molar-refractivity contribution in [3.63, 3.8) is 0 Å². The molecule has 3 nitrogen and oxygen atoms in total. The number of benzene rings is 2. The Morgan fingerprint density at radius 3 is 2.50 bits per heavy atom. The minimum Gasteiger partial charge on any atom is -0.427 e. The van der Waals surface area contributed by atoms with Gasteiger partial charge in [0.25, 0.3) is 0 Å². The third-order valence-electron chi connectivity index (χ3n) is 3.75. The van der Waals surface area contributed by atoms with Gasteiger partial charge in [0.2, 0.25) is 0 Å². The zero-order valence-electron chi connectivity index (χ0n) is 11.8. The molecule has 114 valence electrons. The van der Waals surface area contributed by atoms with E-state index in [4.69, 9.17) is 14.3 Å². The Balaban J connectivity index is 0.000000154. The van der Waals surface area contributed by atoms with Crippen LogP contribution in [0.1, 0.15) is 18.6 Å². The number of fused-ring (bicyclic) bond motifs is 2. The standard InChI is InChI=1S/C8H9BO.C7H6BFO2.CH4/c1-9-8-5-3-2-4-7(8)6-10-9;9-6-1-2-7-5(3-6)4-11-8(7)10;/h2-5H,6H2,1H3;1-3,10H,4H2;1H4. The molecule has 0 unspecified atom stereocenters. The molecule has 0 aromatic heterocycles. The molecule has 0 radical (unpaired) electrons. The first-order valence-electron chi connectivity index (χ1n) is 6.92. The van der Waals surface area contributed by atoms with Crippen molar-refractivity contribution in [2.45, 2.75) is 27.5 Å². The lowest BCUT2D eigenvalue weighted by Gasteiger charge is -1.95. The van der Waals surface area contributed by atoms with Gasteiger partial charge in [-0.3, -0.25) is 0 Å². The Bertz CT molecular complexity index is 651. The van der Waals surface area contributed by atoms with Gasteiger partial charge in [-0.1, -0.05) is 44.6 Å². The highest BCUT2D eigenvalue weighted by atomic mass is 19.1. The zero-order chi connectivity index (χ0) is 14.8. The maximum absolute atomic E-state index is 12.6. The van der Waals surface area contributed by atoms with E-state index in [1.54, 1.807) is 6.07 Å². The molecule has 0 spiro atoms. The Kier molecular flexibility index (Phi) is 5.40. The smallest absolute Gasteiger partial charge is 0.427 e. The van der Waals surface area contributed by atoms with Gasteiger partial charge in [-0.05, 0) is 34.2 Å². The van der Waals surface area contributed by atoms with E-state index in [1.807, 2.05) is 0 Å². The van der Waals surface area contributed by atoms with E-state index >= 15 is 0 Å². The number of halogens is 1. The normalized spacial score (nSPS) is 14.7. The molecule has 22 heavy (non-hydrogen) atoms. The lowest BCUT2D eigenvalue weighted by molar-refractivity contribution is 0.275. The second-order valence-electron chi connectivity index (χ2n) is 5.16. The zero-order valence-corrected chi connectivity index (χ0v) is 11.8. The van der Waals surface area contributed by atoms with Gasteiger partial charge < -0.3 is 14.3 Å². The molecule has 0 amide bonds. The van der Waals surface area contributed by atoms with Crippen molar-refractivity contribution in [3.05, 3.63) is 59.4 Å². The molecule has 0 atom stereocenters. The van der Waals surface area contributed by atoms with Crippen LogP contribution < -0.4 is 10.9 Å². The van der Waals surface area contributed by atoms with Gasteiger partial charge in [0.1, 0.15) is 5.82 Å². The second kappa shape index (κ2) is 7.09. The van der Waals surface area contributed by atoms with Gasteiger partial charge in [0, 0.05) is 0 Å². The van der Waals surface area contributed by atoms with Crippen molar-refractivity contribution >= 4 is 25.0 Å². The van der Waals surface area contributed by atoms with E-state index in [9.17, 15) is 4.39 Å². The fourth-order valence-electron chi connectivity index (χ4n) is 2.57. The summed E-state index contributed by atoms with van der Waals surface area (Å²) in [7, 11) is -0.870. The third-order valence-corrected chi connectivity index (χ3v) is 3.75. The predicted molar refractivity (Wildman–Crippen MR) is 88.0 cm³/mol. The Labute approximate surface area is 131 Å². The molecular weight excluding hydrogens is 281 g/mol. The predicted octanol–water partition coefficient (Wildman–Crippen LogP) is 1.72. The Hall–Kier alpha value is -1.62. The molecule has 1 N–H and O–H groups in total. The van der Waals surface area contributed by atoms with Crippen LogP contribution in [-0.4, -0.2) is 19.1 Å². The molecule has 0 saturated carbocycles. The summed E-state index contributed by atoms with van der Waals surface area (Å²) in [6.45, 7) is 3.48. The van der Waals surface area contributed by atoms with Crippen LogP contribution in [-0.2, 0) is 22.5 Å². The molecule has 4 rings (SSSR count). The molecule has 0 bridgehead atoms. The highest BCUT2D eigenvalue weighted by Gasteiger charge is 2.26. The fraction of sp³-hybridized carbons (Fsp3) is 0.250. The average Bonchev–Trinajstić information content (AvgIpc) is 3.04. The van der Waals surface area contributed by atoms with E-state index in [2.05, 4.69) is 31.1 Å². The topological polar surface area (TPSA) is 38.7 Å². The maximum atomic E-state index is 12.6. The van der Waals surface area contributed by atoms with Gasteiger partial charge in [-0.2, -0.15) is 0 Å². The first-order valence-corrected chi connectivity index (χ1v) is 6.92. The highest BCUT2D eigenvalue weighted by Crippen LogP contribution is 2.10. The summed E-state index contributed by atoms with van der Waals surface area (Å²) in [5.74, 6) is -0.290. The molecule has 0 aliphatic carbocycles. The number of rotatable bonds is 0. The fourth-order valence-corrected chi connectivity index (χ4v) is 2.57. The van der Waals surface area contributed by atoms with Gasteiger partial charge >= 0.3 is 14.0 Å². The van der Waals surface area contributed by atoms with Crippen molar-refractivity contribution < 1.29 is 18.7 Å². The van der Waals surface area contributed by atoms with Crippen LogP contribution in [0.3, 0.4) is 0 Å². The quantitative estimate of drug-likeness (QED) is 0.753. The van der Waals surface area contributed by atoms with Crippen LogP contribution in [0.15, 0.2) is 42.5 Å². The van der Waals surface area contributed by atoms with Crippen LogP contribution in [0.5, 0.6) is 0 Å². The third kappa shape index (κ3) is 3.40. The van der Waals surface area contributed by atoms with E-state index in [0.29, 0.717) is 19.0 Å². The summed E-state index contributed by atoms with van der Waals surface area (Å²) in [6.07, 6.45) is 0. The van der Waals surface area contributed by atoms with Crippen LogP contribution >= 0.6 is 0 Å². The summed E-state index contributed by atoms with van der Waals surface area (Å²) >= 11 is 0. The summed E-state index contributed by atoms with van der Waals surface area (Å²) in [5.41, 5.74) is 4.10. The molecule has 6 heteroatoms. The van der Waals surface area contributed by atoms with Gasteiger partial charge in [-0.25, -0.2) is 4.39 Å². The molecule has 0 fully saturated rings. The average molecular weight is 300 g/mol. The van der Waals surface area contributed by atoms with Crippen molar-refractivity contribution in [1.82, 2.24) is 0 Å². The Morgan fingerprint density at radius 2 is 1.73 bits per heavy atom. The molecular formula is C16H19B2FO3. The van der Waals surface area contributed by atoms with E-state index in [-0.39, 0.29) is 13.2 Å². The Morgan fingerprint density at radius 1 is 1.00 bits per heavy atom. The SMILES string of the molecule is C.CB1OCc2ccccc21.OB1OCc2cc(F)ccc21. The van der Waals surface area contributed by atoms with Crippen LogP contribution in [0.25, 0.3) is 0 Å². The summed E-state index contributed by atoms with van der Waals surface area (Å²) < 4.78 is 22.8. The first kappa shape index (κ1) is 16.7. The van der Waals surface area contributed by atoms with Crippen LogP contribution in [0.4, 0.5) is 4.39 Å². The molecule has 2 aromatic rings. The molecule has 2 heterocycles. The largest absolute Gasteiger partial charge is 0.491 e. The van der Waals surface area contributed by atoms with E-state index < -0.39 is 7.12 Å². The lowest BCUT2D eigenvalue weighted by atomic mass is 9.64. The van der Waals surface area contributed by atoms with Crippen molar-refractivity contribution in [3.8, 4) is 0 Å². The van der Waals surface area contributed by atoms with Gasteiger partial charge in [-0.15, -0.1) is 0 Å². The van der Waals surface area contributed by atoms with E-state index in [1.165, 1.54) is 23.2 Å². The van der Waals surface area contributed by atoms with Crippen molar-refractivity contribution in [2.75, 3.05) is 0 Å². The monoisotopic (exact) mass is 300 g/mol. The second-order valence-corrected chi connectivity index (χ2v) is 5.16. The minimum absolute atomic E-state index is 0. The van der Waals surface area contributed by atoms with Crippen molar-refractivity contribution in [1.29, 1.82) is 0 Å².